The summed E-state index contributed by atoms with van der Waals surface area (Å²) in [6.45, 7) is 3.87. The minimum Gasteiger partial charge on any atom is -0.342 e. The van der Waals surface area contributed by atoms with E-state index in [4.69, 9.17) is 0 Å². The molecule has 0 N–H and O–H groups in total. The summed E-state index contributed by atoms with van der Waals surface area (Å²) >= 11 is 4.35. The molecule has 1 fully saturated rings. The number of amides is 1. The Labute approximate surface area is 73.4 Å². The van der Waals surface area contributed by atoms with E-state index in [0.717, 1.165) is 32.4 Å². The Morgan fingerprint density at radius 1 is 1.73 bits per heavy atom. The number of hydrogen-bond donors (Lipinski definition) is 1. The summed E-state index contributed by atoms with van der Waals surface area (Å²) in [7, 11) is 0. The average Bonchev–Trinajstić information content (AvgIpc) is 2.37. The minimum absolute atomic E-state index is 0.303. The third-order valence-corrected chi connectivity index (χ3v) is 2.60. The number of carbonyl (C=O) groups is 1. The summed E-state index contributed by atoms with van der Waals surface area (Å²) in [5.74, 6) is 0.303. The molecule has 0 aromatic heterocycles. The Hall–Kier alpha value is -0.180. The van der Waals surface area contributed by atoms with Crippen molar-refractivity contribution in [3.8, 4) is 0 Å². The number of rotatable bonds is 3. The predicted octanol–water partition coefficient (Wildman–Crippen LogP) is 1.32. The van der Waals surface area contributed by atoms with Gasteiger partial charge in [0.05, 0.1) is 0 Å². The molecule has 1 unspecified atom stereocenters. The molecule has 64 valence electrons. The van der Waals surface area contributed by atoms with E-state index in [1.807, 2.05) is 4.90 Å². The maximum atomic E-state index is 11.1. The molecular formula is C8H15NOS. The van der Waals surface area contributed by atoms with Crippen LogP contribution in [-0.2, 0) is 4.79 Å². The lowest BCUT2D eigenvalue weighted by atomic mass is 10.3. The molecule has 1 amide bonds. The summed E-state index contributed by atoms with van der Waals surface area (Å²) in [5.41, 5.74) is 0. The highest BCUT2D eigenvalue weighted by atomic mass is 32.1. The Morgan fingerprint density at radius 3 is 2.91 bits per heavy atom. The number of nitrogens with zero attached hydrogens (tertiary/aromatic N) is 1. The van der Waals surface area contributed by atoms with Crippen LogP contribution in [0, 0.1) is 0 Å². The van der Waals surface area contributed by atoms with Gasteiger partial charge in [-0.15, -0.1) is 0 Å². The van der Waals surface area contributed by atoms with Crippen LogP contribution in [-0.4, -0.2) is 29.1 Å². The van der Waals surface area contributed by atoms with Crippen molar-refractivity contribution < 1.29 is 4.79 Å². The predicted molar refractivity (Wildman–Crippen MR) is 48.9 cm³/mol. The summed E-state index contributed by atoms with van der Waals surface area (Å²) in [5, 5.41) is 0.358. The molecule has 0 saturated carbocycles. The van der Waals surface area contributed by atoms with Crippen LogP contribution in [0.3, 0.4) is 0 Å². The molecule has 2 nitrogen and oxygen atoms in total. The second-order valence-corrected chi connectivity index (χ2v) is 3.74. The van der Waals surface area contributed by atoms with Gasteiger partial charge in [0.25, 0.3) is 0 Å². The van der Waals surface area contributed by atoms with Gasteiger partial charge in [0, 0.05) is 24.8 Å². The van der Waals surface area contributed by atoms with Crippen LogP contribution in [0.2, 0.25) is 0 Å². The largest absolute Gasteiger partial charge is 0.342 e. The molecular weight excluding hydrogens is 158 g/mol. The van der Waals surface area contributed by atoms with Crippen LogP contribution < -0.4 is 0 Å². The van der Waals surface area contributed by atoms with Gasteiger partial charge in [-0.2, -0.15) is 12.6 Å². The summed E-state index contributed by atoms with van der Waals surface area (Å²) in [6, 6.07) is 0. The molecule has 11 heavy (non-hydrogen) atoms. The molecule has 1 aliphatic heterocycles. The fourth-order valence-electron chi connectivity index (χ4n) is 1.28. The summed E-state index contributed by atoms with van der Waals surface area (Å²) in [4.78, 5) is 13.0. The molecule has 0 radical (unpaired) electrons. The van der Waals surface area contributed by atoms with E-state index in [1.54, 1.807) is 0 Å². The fourth-order valence-corrected chi connectivity index (χ4v) is 1.48. The molecule has 1 atom stereocenters. The Morgan fingerprint density at radius 2 is 2.45 bits per heavy atom. The zero-order valence-electron chi connectivity index (χ0n) is 6.92. The first-order valence-electron chi connectivity index (χ1n) is 4.20. The quantitative estimate of drug-likeness (QED) is 0.638. The van der Waals surface area contributed by atoms with Gasteiger partial charge in [-0.3, -0.25) is 4.79 Å². The van der Waals surface area contributed by atoms with Crippen LogP contribution in [0.15, 0.2) is 0 Å². The summed E-state index contributed by atoms with van der Waals surface area (Å²) < 4.78 is 0. The van der Waals surface area contributed by atoms with Gasteiger partial charge >= 0.3 is 0 Å². The van der Waals surface area contributed by atoms with E-state index in [0.29, 0.717) is 11.2 Å². The maximum absolute atomic E-state index is 11.1. The van der Waals surface area contributed by atoms with E-state index in [9.17, 15) is 4.79 Å². The van der Waals surface area contributed by atoms with Crippen molar-refractivity contribution in [1.82, 2.24) is 4.90 Å². The second kappa shape index (κ2) is 4.00. The van der Waals surface area contributed by atoms with Crippen molar-refractivity contribution in [3.63, 3.8) is 0 Å². The molecule has 1 rings (SSSR count). The van der Waals surface area contributed by atoms with Crippen molar-refractivity contribution in [2.75, 3.05) is 13.1 Å². The zero-order valence-corrected chi connectivity index (χ0v) is 7.81. The van der Waals surface area contributed by atoms with Gasteiger partial charge in [-0.1, -0.05) is 6.92 Å². The molecule has 1 saturated heterocycles. The maximum Gasteiger partial charge on any atom is 0.222 e. The van der Waals surface area contributed by atoms with E-state index in [2.05, 4.69) is 19.6 Å². The van der Waals surface area contributed by atoms with Crippen LogP contribution >= 0.6 is 12.6 Å². The number of hydrogen-bond acceptors (Lipinski definition) is 2. The molecule has 0 aliphatic carbocycles. The normalized spacial score (nSPS) is 20.9. The topological polar surface area (TPSA) is 20.3 Å². The molecule has 0 aromatic carbocycles. The highest BCUT2D eigenvalue weighted by molar-refractivity contribution is 7.81. The standard InChI is InChI=1S/C8H15NOS/c1-2-7(11)6-9-5-3-4-8(9)10/h7,11H,2-6H2,1H3. The highest BCUT2D eigenvalue weighted by Crippen LogP contribution is 2.12. The van der Waals surface area contributed by atoms with Crippen molar-refractivity contribution in [2.45, 2.75) is 31.4 Å². The smallest absolute Gasteiger partial charge is 0.222 e. The van der Waals surface area contributed by atoms with Crippen LogP contribution in [0.25, 0.3) is 0 Å². The van der Waals surface area contributed by atoms with E-state index in [-0.39, 0.29) is 0 Å². The van der Waals surface area contributed by atoms with Gasteiger partial charge in [-0.05, 0) is 12.8 Å². The van der Waals surface area contributed by atoms with E-state index < -0.39 is 0 Å². The van der Waals surface area contributed by atoms with E-state index in [1.165, 1.54) is 0 Å². The fraction of sp³-hybridized carbons (Fsp3) is 0.875. The molecule has 3 heteroatoms. The van der Waals surface area contributed by atoms with Gasteiger partial charge in [-0.25, -0.2) is 0 Å². The van der Waals surface area contributed by atoms with Crippen molar-refractivity contribution >= 4 is 18.5 Å². The van der Waals surface area contributed by atoms with Gasteiger partial charge in [0.15, 0.2) is 0 Å². The van der Waals surface area contributed by atoms with Crippen molar-refractivity contribution in [1.29, 1.82) is 0 Å². The minimum atomic E-state index is 0.303. The number of carbonyl (C=O) groups excluding carboxylic acids is 1. The van der Waals surface area contributed by atoms with Gasteiger partial charge < -0.3 is 4.90 Å². The lowest BCUT2D eigenvalue weighted by molar-refractivity contribution is -0.127. The lowest BCUT2D eigenvalue weighted by Gasteiger charge is -2.18. The Bertz CT molecular complexity index is 149. The van der Waals surface area contributed by atoms with Crippen LogP contribution in [0.5, 0.6) is 0 Å². The molecule has 0 aromatic rings. The SMILES string of the molecule is CCC(S)CN1CCCC1=O. The molecule has 0 spiro atoms. The van der Waals surface area contributed by atoms with Gasteiger partial charge in [0.1, 0.15) is 0 Å². The third kappa shape index (κ3) is 2.40. The Balaban J connectivity index is 2.30. The van der Waals surface area contributed by atoms with Crippen molar-refractivity contribution in [2.24, 2.45) is 0 Å². The first kappa shape index (κ1) is 8.91. The van der Waals surface area contributed by atoms with Gasteiger partial charge in [0.2, 0.25) is 5.91 Å². The first-order valence-corrected chi connectivity index (χ1v) is 4.71. The molecule has 1 aliphatic rings. The molecule has 0 bridgehead atoms. The number of likely N-dealkylation sites (tertiary alicyclic amines) is 1. The lowest BCUT2D eigenvalue weighted by Crippen LogP contribution is -2.30. The monoisotopic (exact) mass is 173 g/mol. The van der Waals surface area contributed by atoms with E-state index >= 15 is 0 Å². The average molecular weight is 173 g/mol. The summed E-state index contributed by atoms with van der Waals surface area (Å²) in [6.07, 6.45) is 2.81. The number of thiol groups is 1. The van der Waals surface area contributed by atoms with Crippen molar-refractivity contribution in [3.05, 3.63) is 0 Å². The third-order valence-electron chi connectivity index (χ3n) is 2.07. The van der Waals surface area contributed by atoms with Crippen LogP contribution in [0.4, 0.5) is 0 Å². The Kier molecular flexibility index (Phi) is 3.24. The zero-order chi connectivity index (χ0) is 8.27. The highest BCUT2D eigenvalue weighted by Gasteiger charge is 2.21. The first-order chi connectivity index (χ1) is 5.24. The molecule has 1 heterocycles. The van der Waals surface area contributed by atoms with Crippen LogP contribution in [0.1, 0.15) is 26.2 Å². The second-order valence-electron chi connectivity index (χ2n) is 3.01.